The van der Waals surface area contributed by atoms with E-state index in [0.29, 0.717) is 12.5 Å². The highest BCUT2D eigenvalue weighted by atomic mass is 16.6. The summed E-state index contributed by atoms with van der Waals surface area (Å²) in [7, 11) is 0. The van der Waals surface area contributed by atoms with Crippen molar-refractivity contribution < 1.29 is 9.53 Å². The van der Waals surface area contributed by atoms with Gasteiger partial charge in [-0.15, -0.1) is 0 Å². The molecule has 0 saturated heterocycles. The molecule has 1 aromatic carbocycles. The maximum absolute atomic E-state index is 11.8. The molecule has 1 aromatic rings. The van der Waals surface area contributed by atoms with Gasteiger partial charge in [0.05, 0.1) is 0 Å². The first-order valence-corrected chi connectivity index (χ1v) is 8.37. The minimum atomic E-state index is -0.476. The number of benzene rings is 1. The molecular weight excluding hydrogens is 288 g/mol. The molecular formula is C19H28N2O2. The summed E-state index contributed by atoms with van der Waals surface area (Å²) in [6.07, 6.45) is 7.70. The summed E-state index contributed by atoms with van der Waals surface area (Å²) in [6, 6.07) is 8.09. The van der Waals surface area contributed by atoms with Crippen LogP contribution in [0.3, 0.4) is 0 Å². The van der Waals surface area contributed by atoms with E-state index in [2.05, 4.69) is 28.9 Å². The molecule has 1 atom stereocenters. The summed E-state index contributed by atoms with van der Waals surface area (Å²) in [5.74, 6) is 0.687. The number of rotatable bonds is 5. The standard InChI is InChI=1S/C19H28N2O2/c1-19(2,3)23-18(22)21-14-16-11-7-8-12-17(16)20-13-15-9-5-4-6-10-15/h4-5,7-8,11-12,15,20H,6,9-10,13-14H2,1-3H3,(H,21,22). The maximum Gasteiger partial charge on any atom is 0.407 e. The zero-order valence-corrected chi connectivity index (χ0v) is 14.4. The molecule has 2 N–H and O–H groups in total. The number of ether oxygens (including phenoxy) is 1. The first kappa shape index (κ1) is 17.4. The number of anilines is 1. The summed E-state index contributed by atoms with van der Waals surface area (Å²) in [5, 5.41) is 6.35. The van der Waals surface area contributed by atoms with Crippen molar-refractivity contribution in [3.8, 4) is 0 Å². The zero-order chi connectivity index (χ0) is 16.7. The van der Waals surface area contributed by atoms with Gasteiger partial charge in [0.2, 0.25) is 0 Å². The predicted octanol–water partition coefficient (Wildman–Crippen LogP) is 4.48. The van der Waals surface area contributed by atoms with E-state index in [1.807, 2.05) is 39.0 Å². The summed E-state index contributed by atoms with van der Waals surface area (Å²) >= 11 is 0. The van der Waals surface area contributed by atoms with Crippen molar-refractivity contribution in [3.05, 3.63) is 42.0 Å². The van der Waals surface area contributed by atoms with Crippen LogP contribution in [0.1, 0.15) is 45.6 Å². The third kappa shape index (κ3) is 6.35. The second-order valence-electron chi connectivity index (χ2n) is 7.04. The Labute approximate surface area is 139 Å². The second kappa shape index (κ2) is 8.04. The maximum atomic E-state index is 11.8. The molecule has 0 aliphatic heterocycles. The zero-order valence-electron chi connectivity index (χ0n) is 14.4. The van der Waals surface area contributed by atoms with E-state index in [1.54, 1.807) is 0 Å². The number of alkyl carbamates (subject to hydrolysis) is 1. The molecule has 2 rings (SSSR count). The summed E-state index contributed by atoms with van der Waals surface area (Å²) in [4.78, 5) is 11.8. The first-order chi connectivity index (χ1) is 10.9. The van der Waals surface area contributed by atoms with Crippen LogP contribution >= 0.6 is 0 Å². The lowest BCUT2D eigenvalue weighted by Crippen LogP contribution is -2.32. The van der Waals surface area contributed by atoms with Crippen molar-refractivity contribution >= 4 is 11.8 Å². The van der Waals surface area contributed by atoms with Crippen LogP contribution < -0.4 is 10.6 Å². The van der Waals surface area contributed by atoms with E-state index < -0.39 is 5.60 Å². The number of allylic oxidation sites excluding steroid dienone is 2. The molecule has 4 heteroatoms. The molecule has 0 fully saturated rings. The number of carbonyl (C=O) groups is 1. The van der Waals surface area contributed by atoms with Crippen LogP contribution in [0.2, 0.25) is 0 Å². The van der Waals surface area contributed by atoms with Gasteiger partial charge in [-0.3, -0.25) is 0 Å². The Kier molecular flexibility index (Phi) is 6.08. The van der Waals surface area contributed by atoms with Gasteiger partial charge in [0.25, 0.3) is 0 Å². The largest absolute Gasteiger partial charge is 0.444 e. The molecule has 0 heterocycles. The Morgan fingerprint density at radius 3 is 2.74 bits per heavy atom. The summed E-state index contributed by atoms with van der Waals surface area (Å²) in [6.45, 7) is 7.01. The molecule has 0 bridgehead atoms. The fourth-order valence-electron chi connectivity index (χ4n) is 2.62. The Balaban J connectivity index is 1.87. The lowest BCUT2D eigenvalue weighted by molar-refractivity contribution is 0.0523. The fourth-order valence-corrected chi connectivity index (χ4v) is 2.62. The van der Waals surface area contributed by atoms with Crippen LogP contribution in [0.25, 0.3) is 0 Å². The molecule has 1 aliphatic carbocycles. The molecule has 126 valence electrons. The first-order valence-electron chi connectivity index (χ1n) is 8.37. The number of amides is 1. The van der Waals surface area contributed by atoms with Gasteiger partial charge in [-0.2, -0.15) is 0 Å². The minimum absolute atomic E-state index is 0.385. The molecule has 0 aromatic heterocycles. The molecule has 0 spiro atoms. The van der Waals surface area contributed by atoms with Crippen LogP contribution in [0.5, 0.6) is 0 Å². The summed E-state index contributed by atoms with van der Waals surface area (Å²) in [5.41, 5.74) is 1.68. The number of hydrogen-bond donors (Lipinski definition) is 2. The van der Waals surface area contributed by atoms with Crippen molar-refractivity contribution in [1.29, 1.82) is 0 Å². The lowest BCUT2D eigenvalue weighted by atomic mass is 9.94. The Hall–Kier alpha value is -1.97. The fraction of sp³-hybridized carbons (Fsp3) is 0.526. The third-order valence-corrected chi connectivity index (χ3v) is 3.80. The van der Waals surface area contributed by atoms with Crippen molar-refractivity contribution in [1.82, 2.24) is 5.32 Å². The van der Waals surface area contributed by atoms with Crippen LogP contribution in [-0.2, 0) is 11.3 Å². The van der Waals surface area contributed by atoms with Crippen molar-refractivity contribution in [3.63, 3.8) is 0 Å². The topological polar surface area (TPSA) is 50.4 Å². The van der Waals surface area contributed by atoms with Gasteiger partial charge in [0, 0.05) is 18.8 Å². The molecule has 0 saturated carbocycles. The minimum Gasteiger partial charge on any atom is -0.444 e. The van der Waals surface area contributed by atoms with E-state index in [9.17, 15) is 4.79 Å². The van der Waals surface area contributed by atoms with E-state index in [-0.39, 0.29) is 6.09 Å². The molecule has 0 radical (unpaired) electrons. The smallest absolute Gasteiger partial charge is 0.407 e. The van der Waals surface area contributed by atoms with Crippen LogP contribution in [0, 0.1) is 5.92 Å². The third-order valence-electron chi connectivity index (χ3n) is 3.80. The Morgan fingerprint density at radius 1 is 1.26 bits per heavy atom. The summed E-state index contributed by atoms with van der Waals surface area (Å²) < 4.78 is 5.28. The monoisotopic (exact) mass is 316 g/mol. The van der Waals surface area contributed by atoms with E-state index in [1.165, 1.54) is 12.8 Å². The van der Waals surface area contributed by atoms with E-state index >= 15 is 0 Å². The highest BCUT2D eigenvalue weighted by Gasteiger charge is 2.16. The normalized spacial score (nSPS) is 17.6. The van der Waals surface area contributed by atoms with Gasteiger partial charge in [0.15, 0.2) is 0 Å². The van der Waals surface area contributed by atoms with E-state index in [0.717, 1.165) is 24.2 Å². The predicted molar refractivity (Wildman–Crippen MR) is 94.5 cm³/mol. The molecule has 1 amide bonds. The van der Waals surface area contributed by atoms with Crippen molar-refractivity contribution in [2.75, 3.05) is 11.9 Å². The molecule has 23 heavy (non-hydrogen) atoms. The molecule has 1 unspecified atom stereocenters. The average Bonchev–Trinajstić information content (AvgIpc) is 2.51. The lowest BCUT2D eigenvalue weighted by Gasteiger charge is -2.21. The highest BCUT2D eigenvalue weighted by Crippen LogP contribution is 2.21. The second-order valence-corrected chi connectivity index (χ2v) is 7.04. The van der Waals surface area contributed by atoms with Gasteiger partial charge in [-0.25, -0.2) is 4.79 Å². The Bertz CT molecular complexity index is 547. The number of hydrogen-bond acceptors (Lipinski definition) is 3. The van der Waals surface area contributed by atoms with Gasteiger partial charge >= 0.3 is 6.09 Å². The van der Waals surface area contributed by atoms with Gasteiger partial charge in [-0.1, -0.05) is 30.4 Å². The Morgan fingerprint density at radius 2 is 2.04 bits per heavy atom. The van der Waals surface area contributed by atoms with Gasteiger partial charge in [-0.05, 0) is 57.6 Å². The quantitative estimate of drug-likeness (QED) is 0.787. The molecule has 1 aliphatic rings. The van der Waals surface area contributed by atoms with Gasteiger partial charge in [0.1, 0.15) is 5.60 Å². The van der Waals surface area contributed by atoms with Gasteiger partial charge < -0.3 is 15.4 Å². The van der Waals surface area contributed by atoms with Crippen molar-refractivity contribution in [2.24, 2.45) is 5.92 Å². The number of para-hydroxylation sites is 1. The average molecular weight is 316 g/mol. The van der Waals surface area contributed by atoms with Crippen LogP contribution in [0.4, 0.5) is 10.5 Å². The van der Waals surface area contributed by atoms with E-state index in [4.69, 9.17) is 4.74 Å². The SMILES string of the molecule is CC(C)(C)OC(=O)NCc1ccccc1NCC1CC=CCC1. The van der Waals surface area contributed by atoms with Crippen molar-refractivity contribution in [2.45, 2.75) is 52.2 Å². The molecule has 4 nitrogen and oxygen atoms in total. The number of carbonyl (C=O) groups excluding carboxylic acids is 1. The van der Waals surface area contributed by atoms with Crippen LogP contribution in [-0.4, -0.2) is 18.2 Å². The number of nitrogens with one attached hydrogen (secondary N) is 2. The highest BCUT2D eigenvalue weighted by molar-refractivity contribution is 5.68. The van der Waals surface area contributed by atoms with Crippen LogP contribution in [0.15, 0.2) is 36.4 Å².